The van der Waals surface area contributed by atoms with Crippen molar-refractivity contribution < 1.29 is 4.79 Å². The molecule has 2 rings (SSSR count). The molecule has 2 aromatic rings. The van der Waals surface area contributed by atoms with Crippen LogP contribution in [0, 0.1) is 6.92 Å². The second-order valence-corrected chi connectivity index (χ2v) is 4.31. The zero-order chi connectivity index (χ0) is 14.0. The number of pyridine rings is 1. The molecule has 2 heterocycles. The van der Waals surface area contributed by atoms with E-state index in [4.69, 9.17) is 0 Å². The van der Waals surface area contributed by atoms with Crippen LogP contribution in [-0.2, 0) is 13.6 Å². The van der Waals surface area contributed by atoms with Crippen molar-refractivity contribution in [2.24, 2.45) is 7.05 Å². The third-order valence-corrected chi connectivity index (χ3v) is 2.90. The molecular formula is C13H16N4O2. The van der Waals surface area contributed by atoms with Gasteiger partial charge in [-0.15, -0.1) is 0 Å². The Bertz CT molecular complexity index is 670. The van der Waals surface area contributed by atoms with Gasteiger partial charge in [0.25, 0.3) is 5.91 Å². The maximum atomic E-state index is 12.1. The van der Waals surface area contributed by atoms with Crippen LogP contribution in [-0.4, -0.2) is 20.3 Å². The monoisotopic (exact) mass is 260 g/mol. The van der Waals surface area contributed by atoms with Crippen LogP contribution < -0.4 is 10.9 Å². The number of nitrogens with one attached hydrogen (secondary N) is 1. The van der Waals surface area contributed by atoms with Gasteiger partial charge in [0.1, 0.15) is 5.82 Å². The average Bonchev–Trinajstić information content (AvgIpc) is 2.74. The van der Waals surface area contributed by atoms with Gasteiger partial charge in [-0.2, -0.15) is 5.10 Å². The van der Waals surface area contributed by atoms with Crippen LogP contribution in [0.2, 0.25) is 0 Å². The lowest BCUT2D eigenvalue weighted by Crippen LogP contribution is -2.21. The molecule has 6 heteroatoms. The van der Waals surface area contributed by atoms with E-state index in [-0.39, 0.29) is 11.5 Å². The number of rotatable bonds is 3. The van der Waals surface area contributed by atoms with Gasteiger partial charge in [0.15, 0.2) is 0 Å². The predicted molar refractivity (Wildman–Crippen MR) is 72.3 cm³/mol. The minimum absolute atomic E-state index is 0.147. The molecule has 0 aliphatic heterocycles. The molecule has 6 nitrogen and oxygen atoms in total. The van der Waals surface area contributed by atoms with Gasteiger partial charge in [-0.1, -0.05) is 0 Å². The third kappa shape index (κ3) is 2.57. The number of nitrogens with zero attached hydrogens (tertiary/aromatic N) is 3. The van der Waals surface area contributed by atoms with Crippen molar-refractivity contribution in [3.8, 4) is 0 Å². The van der Waals surface area contributed by atoms with Gasteiger partial charge in [-0.25, -0.2) is 4.68 Å². The van der Waals surface area contributed by atoms with Crippen LogP contribution in [0.4, 0.5) is 5.82 Å². The quantitative estimate of drug-likeness (QED) is 0.900. The van der Waals surface area contributed by atoms with Gasteiger partial charge in [0.2, 0.25) is 5.56 Å². The van der Waals surface area contributed by atoms with E-state index in [0.717, 1.165) is 5.56 Å². The zero-order valence-corrected chi connectivity index (χ0v) is 11.2. The Balaban J connectivity index is 2.28. The standard InChI is InChI=1S/C13H16N4O2/c1-4-17-12(9(2)7-14-17)15-13(19)10-5-6-11(18)16(3)8-10/h5-8H,4H2,1-3H3,(H,15,19). The molecule has 0 aliphatic rings. The number of carbonyl (C=O) groups excluding carboxylic acids is 1. The number of amides is 1. The summed E-state index contributed by atoms with van der Waals surface area (Å²) in [6, 6.07) is 2.89. The lowest BCUT2D eigenvalue weighted by atomic mass is 10.2. The van der Waals surface area contributed by atoms with E-state index in [1.54, 1.807) is 17.9 Å². The molecule has 1 amide bonds. The van der Waals surface area contributed by atoms with Gasteiger partial charge in [0, 0.05) is 31.4 Å². The van der Waals surface area contributed by atoms with Crippen molar-refractivity contribution in [3.05, 3.63) is 46.0 Å². The number of aromatic nitrogens is 3. The maximum absolute atomic E-state index is 12.1. The maximum Gasteiger partial charge on any atom is 0.258 e. The van der Waals surface area contributed by atoms with Crippen LogP contribution in [0.15, 0.2) is 29.3 Å². The smallest absolute Gasteiger partial charge is 0.258 e. The second kappa shape index (κ2) is 5.09. The van der Waals surface area contributed by atoms with Gasteiger partial charge >= 0.3 is 0 Å². The van der Waals surface area contributed by atoms with E-state index >= 15 is 0 Å². The Morgan fingerprint density at radius 1 is 1.42 bits per heavy atom. The third-order valence-electron chi connectivity index (χ3n) is 2.90. The summed E-state index contributed by atoms with van der Waals surface area (Å²) in [5.41, 5.74) is 1.19. The van der Waals surface area contributed by atoms with Crippen molar-refractivity contribution in [3.63, 3.8) is 0 Å². The summed E-state index contributed by atoms with van der Waals surface area (Å²) in [6.07, 6.45) is 3.22. The molecule has 0 aliphatic carbocycles. The first-order valence-electron chi connectivity index (χ1n) is 6.03. The molecule has 0 atom stereocenters. The van der Waals surface area contributed by atoms with E-state index < -0.39 is 0 Å². The molecule has 100 valence electrons. The van der Waals surface area contributed by atoms with Gasteiger partial charge in [-0.05, 0) is 19.9 Å². The van der Waals surface area contributed by atoms with Crippen LogP contribution in [0.3, 0.4) is 0 Å². The summed E-state index contributed by atoms with van der Waals surface area (Å²) in [5.74, 6) is 0.426. The molecule has 0 fully saturated rings. The number of hydrogen-bond donors (Lipinski definition) is 1. The van der Waals surface area contributed by atoms with E-state index in [9.17, 15) is 9.59 Å². The van der Waals surface area contributed by atoms with E-state index in [2.05, 4.69) is 10.4 Å². The van der Waals surface area contributed by atoms with Crippen LogP contribution >= 0.6 is 0 Å². The summed E-state index contributed by atoms with van der Waals surface area (Å²) in [7, 11) is 1.61. The molecular weight excluding hydrogens is 244 g/mol. The first kappa shape index (κ1) is 13.1. The highest BCUT2D eigenvalue weighted by atomic mass is 16.2. The lowest BCUT2D eigenvalue weighted by molar-refractivity contribution is 0.102. The predicted octanol–water partition coefficient (Wildman–Crippen LogP) is 1.16. The molecule has 0 bridgehead atoms. The SMILES string of the molecule is CCn1ncc(C)c1NC(=O)c1ccc(=O)n(C)c1. The zero-order valence-electron chi connectivity index (χ0n) is 11.2. The van der Waals surface area contributed by atoms with E-state index in [1.165, 1.54) is 22.9 Å². The second-order valence-electron chi connectivity index (χ2n) is 4.31. The molecule has 0 spiro atoms. The normalized spacial score (nSPS) is 10.5. The highest BCUT2D eigenvalue weighted by Crippen LogP contribution is 2.14. The van der Waals surface area contributed by atoms with Crippen molar-refractivity contribution >= 4 is 11.7 Å². The molecule has 1 N–H and O–H groups in total. The summed E-state index contributed by atoms with van der Waals surface area (Å²) in [5, 5.41) is 6.98. The number of hydrogen-bond acceptors (Lipinski definition) is 3. The average molecular weight is 260 g/mol. The number of aryl methyl sites for hydroxylation is 3. The Hall–Kier alpha value is -2.37. The highest BCUT2D eigenvalue weighted by Gasteiger charge is 2.12. The molecule has 0 aromatic carbocycles. The Labute approximate surface area is 110 Å². The number of anilines is 1. The first-order chi connectivity index (χ1) is 9.02. The molecule has 0 radical (unpaired) electrons. The summed E-state index contributed by atoms with van der Waals surface area (Å²) >= 11 is 0. The van der Waals surface area contributed by atoms with Crippen LogP contribution in [0.1, 0.15) is 22.8 Å². The van der Waals surface area contributed by atoms with Crippen LogP contribution in [0.25, 0.3) is 0 Å². The number of carbonyl (C=O) groups is 1. The Morgan fingerprint density at radius 2 is 2.16 bits per heavy atom. The summed E-state index contributed by atoms with van der Waals surface area (Å²) < 4.78 is 3.09. The fourth-order valence-corrected chi connectivity index (χ4v) is 1.79. The molecule has 0 saturated heterocycles. The van der Waals surface area contributed by atoms with Gasteiger partial charge in [0.05, 0.1) is 11.8 Å². The Kier molecular flexibility index (Phi) is 3.50. The largest absolute Gasteiger partial charge is 0.318 e. The molecule has 0 unspecified atom stereocenters. The van der Waals surface area contributed by atoms with E-state index in [1.807, 2.05) is 13.8 Å². The molecule has 0 saturated carbocycles. The van der Waals surface area contributed by atoms with E-state index in [0.29, 0.717) is 17.9 Å². The van der Waals surface area contributed by atoms with Gasteiger partial charge in [-0.3, -0.25) is 9.59 Å². The fourth-order valence-electron chi connectivity index (χ4n) is 1.79. The molecule has 19 heavy (non-hydrogen) atoms. The Morgan fingerprint density at radius 3 is 2.79 bits per heavy atom. The van der Waals surface area contributed by atoms with Gasteiger partial charge < -0.3 is 9.88 Å². The highest BCUT2D eigenvalue weighted by molar-refractivity contribution is 6.03. The minimum atomic E-state index is -0.256. The summed E-state index contributed by atoms with van der Waals surface area (Å²) in [4.78, 5) is 23.4. The lowest BCUT2D eigenvalue weighted by Gasteiger charge is -2.09. The van der Waals surface area contributed by atoms with Crippen molar-refractivity contribution in [2.75, 3.05) is 5.32 Å². The van der Waals surface area contributed by atoms with Crippen LogP contribution in [0.5, 0.6) is 0 Å². The molecule has 2 aromatic heterocycles. The van der Waals surface area contributed by atoms with Crippen molar-refractivity contribution in [1.82, 2.24) is 14.3 Å². The van der Waals surface area contributed by atoms with Crippen molar-refractivity contribution in [1.29, 1.82) is 0 Å². The van der Waals surface area contributed by atoms with Crippen molar-refractivity contribution in [2.45, 2.75) is 20.4 Å². The first-order valence-corrected chi connectivity index (χ1v) is 6.03. The fraction of sp³-hybridized carbons (Fsp3) is 0.308. The summed E-state index contributed by atoms with van der Waals surface area (Å²) in [6.45, 7) is 4.51. The minimum Gasteiger partial charge on any atom is -0.318 e. The topological polar surface area (TPSA) is 68.9 Å².